The number of fused-ring (bicyclic) bond motifs is 1. The van der Waals surface area contributed by atoms with E-state index in [1.165, 1.54) is 19.3 Å². The molecular weight excluding hydrogens is 356 g/mol. The fraction of sp³-hybridized carbons (Fsp3) is 0.136. The zero-order valence-corrected chi connectivity index (χ0v) is 15.5. The topological polar surface area (TPSA) is 80.8 Å². The van der Waals surface area contributed by atoms with Gasteiger partial charge in [-0.1, -0.05) is 18.2 Å². The lowest BCUT2D eigenvalue weighted by atomic mass is 10.1. The van der Waals surface area contributed by atoms with Crippen LogP contribution in [0.2, 0.25) is 0 Å². The van der Waals surface area contributed by atoms with Crippen molar-refractivity contribution in [1.82, 2.24) is 4.40 Å². The van der Waals surface area contributed by atoms with E-state index in [0.29, 0.717) is 28.1 Å². The molecule has 2 aromatic heterocycles. The monoisotopic (exact) mass is 374 g/mol. The predicted octanol–water partition coefficient (Wildman–Crippen LogP) is 3.89. The number of rotatable bonds is 6. The third-order valence-electron chi connectivity index (χ3n) is 4.19. The van der Waals surface area contributed by atoms with Crippen LogP contribution in [-0.4, -0.2) is 29.9 Å². The van der Waals surface area contributed by atoms with Crippen molar-refractivity contribution >= 4 is 23.3 Å². The molecule has 0 N–H and O–H groups in total. The molecule has 28 heavy (non-hydrogen) atoms. The Kier molecular flexibility index (Phi) is 5.56. The number of aromatic nitrogens is 1. The van der Waals surface area contributed by atoms with Gasteiger partial charge in [-0.2, -0.15) is 5.26 Å². The van der Waals surface area contributed by atoms with Gasteiger partial charge in [-0.05, 0) is 42.8 Å². The van der Waals surface area contributed by atoms with Crippen LogP contribution in [0.5, 0.6) is 5.75 Å². The summed E-state index contributed by atoms with van der Waals surface area (Å²) in [5.41, 5.74) is 2.52. The third-order valence-corrected chi connectivity index (χ3v) is 4.19. The van der Waals surface area contributed by atoms with E-state index in [2.05, 4.69) is 0 Å². The molecule has 6 heteroatoms. The quantitative estimate of drug-likeness (QED) is 0.371. The highest BCUT2D eigenvalue weighted by molar-refractivity contribution is 6.09. The van der Waals surface area contributed by atoms with E-state index in [-0.39, 0.29) is 12.4 Å². The van der Waals surface area contributed by atoms with Gasteiger partial charge >= 0.3 is 5.97 Å². The summed E-state index contributed by atoms with van der Waals surface area (Å²) >= 11 is 0. The first kappa shape index (κ1) is 18.9. The number of esters is 1. The van der Waals surface area contributed by atoms with Crippen molar-refractivity contribution in [3.63, 3.8) is 0 Å². The van der Waals surface area contributed by atoms with E-state index in [1.807, 2.05) is 6.07 Å². The van der Waals surface area contributed by atoms with Crippen molar-refractivity contribution < 1.29 is 19.1 Å². The summed E-state index contributed by atoms with van der Waals surface area (Å²) in [5, 5.41) is 8.85. The van der Waals surface area contributed by atoms with Crippen molar-refractivity contribution in [2.75, 3.05) is 13.7 Å². The van der Waals surface area contributed by atoms with Crippen molar-refractivity contribution in [2.24, 2.45) is 0 Å². The number of ether oxygens (including phenoxy) is 2. The minimum atomic E-state index is -0.497. The largest absolute Gasteiger partial charge is 0.497 e. The van der Waals surface area contributed by atoms with E-state index >= 15 is 0 Å². The molecule has 0 saturated carbocycles. The molecule has 0 radical (unpaired) electrons. The Morgan fingerprint density at radius 1 is 1.18 bits per heavy atom. The molecule has 3 rings (SSSR count). The lowest BCUT2D eigenvalue weighted by molar-refractivity contribution is 0.0529. The van der Waals surface area contributed by atoms with Crippen LogP contribution in [0.3, 0.4) is 0 Å². The zero-order valence-electron chi connectivity index (χ0n) is 15.5. The number of benzene rings is 1. The van der Waals surface area contributed by atoms with Crippen molar-refractivity contribution in [3.8, 4) is 11.8 Å². The SMILES string of the molecule is CCOC(=O)c1cc(C(=O)/C=C/c2ccc(C#N)cc2)n2ccc(OC)cc12. The number of nitriles is 1. The number of pyridine rings is 1. The maximum Gasteiger partial charge on any atom is 0.340 e. The van der Waals surface area contributed by atoms with E-state index in [4.69, 9.17) is 14.7 Å². The molecule has 0 atom stereocenters. The second-order valence-electron chi connectivity index (χ2n) is 5.92. The molecule has 0 aliphatic carbocycles. The molecule has 3 aromatic rings. The van der Waals surface area contributed by atoms with Gasteiger partial charge in [0.25, 0.3) is 0 Å². The first-order chi connectivity index (χ1) is 13.6. The van der Waals surface area contributed by atoms with Gasteiger partial charge in [-0.15, -0.1) is 0 Å². The molecule has 0 fully saturated rings. The number of ketones is 1. The highest BCUT2D eigenvalue weighted by Crippen LogP contribution is 2.23. The molecule has 0 amide bonds. The highest BCUT2D eigenvalue weighted by Gasteiger charge is 2.19. The Morgan fingerprint density at radius 3 is 2.57 bits per heavy atom. The first-order valence-corrected chi connectivity index (χ1v) is 8.66. The predicted molar refractivity (Wildman–Crippen MR) is 104 cm³/mol. The van der Waals surface area contributed by atoms with Crippen molar-refractivity contribution in [1.29, 1.82) is 5.26 Å². The molecule has 0 saturated heterocycles. The Labute approximate surface area is 162 Å². The van der Waals surface area contributed by atoms with E-state index < -0.39 is 5.97 Å². The van der Waals surface area contributed by atoms with Crippen LogP contribution >= 0.6 is 0 Å². The van der Waals surface area contributed by atoms with Crippen LogP contribution in [-0.2, 0) is 4.74 Å². The number of carbonyl (C=O) groups is 2. The lowest BCUT2D eigenvalue weighted by Gasteiger charge is -2.04. The summed E-state index contributed by atoms with van der Waals surface area (Å²) in [6.45, 7) is 1.96. The van der Waals surface area contributed by atoms with Gasteiger partial charge in [0, 0.05) is 12.3 Å². The highest BCUT2D eigenvalue weighted by atomic mass is 16.5. The van der Waals surface area contributed by atoms with E-state index in [9.17, 15) is 9.59 Å². The molecular formula is C22H18N2O4. The third kappa shape index (κ3) is 3.79. The number of hydrogen-bond donors (Lipinski definition) is 0. The molecule has 0 aliphatic rings. The summed E-state index contributed by atoms with van der Waals surface area (Å²) in [4.78, 5) is 25.1. The summed E-state index contributed by atoms with van der Waals surface area (Å²) in [5.74, 6) is -0.188. The van der Waals surface area contributed by atoms with Gasteiger partial charge < -0.3 is 13.9 Å². The molecule has 140 valence electrons. The second kappa shape index (κ2) is 8.23. The number of nitrogens with zero attached hydrogens (tertiary/aromatic N) is 2. The number of allylic oxidation sites excluding steroid dienone is 1. The van der Waals surface area contributed by atoms with Crippen LogP contribution in [0, 0.1) is 11.3 Å². The standard InChI is InChI=1S/C22H18N2O4/c1-3-28-22(26)18-13-20(24-11-10-17(27-2)12-19(18)24)21(25)9-8-15-4-6-16(14-23)7-5-15/h4-13H,3H2,1-2H3/b9-8+. The van der Waals surface area contributed by atoms with Crippen molar-refractivity contribution in [2.45, 2.75) is 6.92 Å². The lowest BCUT2D eigenvalue weighted by Crippen LogP contribution is -2.04. The Bertz CT molecular complexity index is 1100. The molecule has 0 bridgehead atoms. The summed E-state index contributed by atoms with van der Waals surface area (Å²) < 4.78 is 12.0. The van der Waals surface area contributed by atoms with Crippen LogP contribution in [0.4, 0.5) is 0 Å². The average Bonchev–Trinajstić information content (AvgIpc) is 3.11. The van der Waals surface area contributed by atoms with Crippen LogP contribution in [0.1, 0.15) is 38.9 Å². The van der Waals surface area contributed by atoms with E-state index in [1.54, 1.807) is 60.0 Å². The number of hydrogen-bond acceptors (Lipinski definition) is 5. The van der Waals surface area contributed by atoms with Gasteiger partial charge in [0.1, 0.15) is 5.75 Å². The van der Waals surface area contributed by atoms with Gasteiger partial charge in [-0.25, -0.2) is 4.79 Å². The minimum Gasteiger partial charge on any atom is -0.497 e. The molecule has 0 aliphatic heterocycles. The zero-order chi connectivity index (χ0) is 20.1. The fourth-order valence-electron chi connectivity index (χ4n) is 2.79. The van der Waals surface area contributed by atoms with Crippen LogP contribution < -0.4 is 4.74 Å². The molecule has 1 aromatic carbocycles. The Morgan fingerprint density at radius 2 is 1.93 bits per heavy atom. The molecule has 6 nitrogen and oxygen atoms in total. The minimum absolute atomic E-state index is 0.238. The first-order valence-electron chi connectivity index (χ1n) is 8.66. The summed E-state index contributed by atoms with van der Waals surface area (Å²) in [7, 11) is 1.53. The van der Waals surface area contributed by atoms with Gasteiger partial charge in [0.05, 0.1) is 42.1 Å². The average molecular weight is 374 g/mol. The maximum atomic E-state index is 12.8. The maximum absolute atomic E-state index is 12.8. The van der Waals surface area contributed by atoms with Crippen LogP contribution in [0.25, 0.3) is 11.6 Å². The van der Waals surface area contributed by atoms with Gasteiger partial charge in [0.2, 0.25) is 5.78 Å². The van der Waals surface area contributed by atoms with Crippen molar-refractivity contribution in [3.05, 3.63) is 77.1 Å². The molecule has 0 spiro atoms. The summed E-state index contributed by atoms with van der Waals surface area (Å²) in [6, 6.07) is 13.9. The van der Waals surface area contributed by atoms with Gasteiger partial charge in [0.15, 0.2) is 0 Å². The Hall–Kier alpha value is -3.85. The molecule has 0 unspecified atom stereocenters. The smallest absolute Gasteiger partial charge is 0.340 e. The summed E-state index contributed by atoms with van der Waals surface area (Å²) in [6.07, 6.45) is 4.78. The Balaban J connectivity index is 1.99. The number of carbonyl (C=O) groups excluding carboxylic acids is 2. The molecule has 2 heterocycles. The van der Waals surface area contributed by atoms with Crippen LogP contribution in [0.15, 0.2) is 54.7 Å². The number of methoxy groups -OCH3 is 1. The van der Waals surface area contributed by atoms with E-state index in [0.717, 1.165) is 5.56 Å². The normalized spacial score (nSPS) is 10.8. The van der Waals surface area contributed by atoms with Gasteiger partial charge in [-0.3, -0.25) is 4.79 Å². The fourth-order valence-corrected chi connectivity index (χ4v) is 2.79. The second-order valence-corrected chi connectivity index (χ2v) is 5.92.